The van der Waals surface area contributed by atoms with Gasteiger partial charge in [0.1, 0.15) is 0 Å². The van der Waals surface area contributed by atoms with Crippen LogP contribution in [0.3, 0.4) is 0 Å². The third-order valence-electron chi connectivity index (χ3n) is 3.48. The van der Waals surface area contributed by atoms with E-state index < -0.39 is 0 Å². The average molecular weight is 272 g/mol. The first-order valence-electron chi connectivity index (χ1n) is 6.33. The van der Waals surface area contributed by atoms with E-state index in [-0.39, 0.29) is 6.04 Å². The molecule has 0 aliphatic heterocycles. The minimum atomic E-state index is 0.0305. The molecule has 0 heterocycles. The van der Waals surface area contributed by atoms with E-state index in [0.29, 0.717) is 0 Å². The van der Waals surface area contributed by atoms with Crippen LogP contribution in [0, 0.1) is 13.8 Å². The lowest BCUT2D eigenvalue weighted by atomic mass is 9.96. The first-order valence-corrected chi connectivity index (χ1v) is 7.56. The summed E-state index contributed by atoms with van der Waals surface area (Å²) >= 11 is 1.75. The maximum atomic E-state index is 5.79. The molecule has 19 heavy (non-hydrogen) atoms. The summed E-state index contributed by atoms with van der Waals surface area (Å²) in [7, 11) is 0. The van der Waals surface area contributed by atoms with Crippen molar-refractivity contribution in [1.82, 2.24) is 5.43 Å². The molecule has 0 fully saturated rings. The molecule has 0 aliphatic rings. The number of benzene rings is 2. The molecule has 3 N–H and O–H groups in total. The molecule has 0 radical (unpaired) electrons. The van der Waals surface area contributed by atoms with Crippen molar-refractivity contribution in [2.45, 2.75) is 24.8 Å². The molecule has 3 heteroatoms. The molecular weight excluding hydrogens is 252 g/mol. The van der Waals surface area contributed by atoms with Crippen molar-refractivity contribution < 1.29 is 0 Å². The largest absolute Gasteiger partial charge is 0.271 e. The molecule has 0 aliphatic carbocycles. The van der Waals surface area contributed by atoms with Crippen LogP contribution in [0.2, 0.25) is 0 Å². The quantitative estimate of drug-likeness (QED) is 0.507. The van der Waals surface area contributed by atoms with Gasteiger partial charge in [-0.15, -0.1) is 11.8 Å². The second-order valence-corrected chi connectivity index (χ2v) is 5.53. The molecule has 100 valence electrons. The maximum absolute atomic E-state index is 5.79. The van der Waals surface area contributed by atoms with Crippen LogP contribution < -0.4 is 11.3 Å². The van der Waals surface area contributed by atoms with Gasteiger partial charge in [0.05, 0.1) is 6.04 Å². The van der Waals surface area contributed by atoms with Gasteiger partial charge in [0, 0.05) is 4.90 Å². The van der Waals surface area contributed by atoms with E-state index >= 15 is 0 Å². The van der Waals surface area contributed by atoms with Crippen LogP contribution in [-0.4, -0.2) is 6.26 Å². The van der Waals surface area contributed by atoms with E-state index in [2.05, 4.69) is 68.0 Å². The van der Waals surface area contributed by atoms with Crippen LogP contribution in [0.1, 0.15) is 28.3 Å². The van der Waals surface area contributed by atoms with E-state index in [9.17, 15) is 0 Å². The summed E-state index contributed by atoms with van der Waals surface area (Å²) in [5, 5.41) is 0. The van der Waals surface area contributed by atoms with Crippen molar-refractivity contribution in [2.75, 3.05) is 6.26 Å². The van der Waals surface area contributed by atoms with Gasteiger partial charge in [-0.1, -0.05) is 36.4 Å². The second kappa shape index (κ2) is 6.24. The number of nitrogens with two attached hydrogens (primary N) is 1. The lowest BCUT2D eigenvalue weighted by molar-refractivity contribution is 0.627. The molecular formula is C16H20N2S. The fourth-order valence-corrected chi connectivity index (χ4v) is 2.85. The predicted octanol–water partition coefficient (Wildman–Crippen LogP) is 3.58. The molecule has 2 aromatic rings. The van der Waals surface area contributed by atoms with Gasteiger partial charge in [0.2, 0.25) is 0 Å². The fourth-order valence-electron chi connectivity index (χ4n) is 2.21. The van der Waals surface area contributed by atoms with E-state index in [1.807, 2.05) is 0 Å². The topological polar surface area (TPSA) is 38.0 Å². The smallest absolute Gasteiger partial charge is 0.0721 e. The number of aryl methyl sites for hydroxylation is 2. The standard InChI is InChI=1S/C16H20N2S/c1-11-8-9-13(10-12(11)2)16(18-17)14-6-4-5-7-15(14)19-3/h4-10,16,18H,17H2,1-3H3. The van der Waals surface area contributed by atoms with Gasteiger partial charge in [-0.2, -0.15) is 0 Å². The molecule has 0 bridgehead atoms. The monoisotopic (exact) mass is 272 g/mol. The Morgan fingerprint density at radius 2 is 1.79 bits per heavy atom. The second-order valence-electron chi connectivity index (χ2n) is 4.69. The normalized spacial score (nSPS) is 12.4. The van der Waals surface area contributed by atoms with E-state index in [0.717, 1.165) is 0 Å². The van der Waals surface area contributed by atoms with Crippen molar-refractivity contribution in [3.8, 4) is 0 Å². The highest BCUT2D eigenvalue weighted by molar-refractivity contribution is 7.98. The van der Waals surface area contributed by atoms with Crippen LogP contribution >= 0.6 is 11.8 Å². The number of hydrazine groups is 1. The Labute approximate surface area is 119 Å². The number of hydrogen-bond donors (Lipinski definition) is 2. The van der Waals surface area contributed by atoms with Gasteiger partial charge in [-0.3, -0.25) is 5.84 Å². The van der Waals surface area contributed by atoms with E-state index in [4.69, 9.17) is 5.84 Å². The third-order valence-corrected chi connectivity index (χ3v) is 4.29. The summed E-state index contributed by atoms with van der Waals surface area (Å²) in [4.78, 5) is 1.25. The molecule has 0 amide bonds. The number of rotatable bonds is 4. The summed E-state index contributed by atoms with van der Waals surface area (Å²) in [6.45, 7) is 4.26. The molecule has 0 spiro atoms. The summed E-state index contributed by atoms with van der Waals surface area (Å²) in [5.41, 5.74) is 7.96. The van der Waals surface area contributed by atoms with Gasteiger partial charge in [0.25, 0.3) is 0 Å². The Morgan fingerprint density at radius 1 is 1.05 bits per heavy atom. The van der Waals surface area contributed by atoms with Crippen LogP contribution in [0.5, 0.6) is 0 Å². The van der Waals surface area contributed by atoms with E-state index in [1.54, 1.807) is 11.8 Å². The van der Waals surface area contributed by atoms with Crippen molar-refractivity contribution in [3.05, 3.63) is 64.7 Å². The lowest BCUT2D eigenvalue weighted by Gasteiger charge is -2.20. The van der Waals surface area contributed by atoms with Gasteiger partial charge < -0.3 is 0 Å². The number of nitrogens with one attached hydrogen (secondary N) is 1. The third kappa shape index (κ3) is 3.00. The van der Waals surface area contributed by atoms with Crippen molar-refractivity contribution in [2.24, 2.45) is 5.84 Å². The fraction of sp³-hybridized carbons (Fsp3) is 0.250. The highest BCUT2D eigenvalue weighted by Crippen LogP contribution is 2.30. The number of hydrogen-bond acceptors (Lipinski definition) is 3. The Balaban J connectivity index is 2.46. The molecule has 0 aromatic heterocycles. The van der Waals surface area contributed by atoms with Crippen molar-refractivity contribution in [1.29, 1.82) is 0 Å². The minimum absolute atomic E-state index is 0.0305. The van der Waals surface area contributed by atoms with Crippen molar-refractivity contribution >= 4 is 11.8 Å². The van der Waals surface area contributed by atoms with Crippen LogP contribution in [0.15, 0.2) is 47.4 Å². The molecule has 2 nitrogen and oxygen atoms in total. The number of thioether (sulfide) groups is 1. The van der Waals surface area contributed by atoms with Gasteiger partial charge in [0.15, 0.2) is 0 Å². The Kier molecular flexibility index (Phi) is 4.64. The average Bonchev–Trinajstić information content (AvgIpc) is 2.44. The zero-order valence-corrected chi connectivity index (χ0v) is 12.4. The zero-order chi connectivity index (χ0) is 13.8. The van der Waals surface area contributed by atoms with Gasteiger partial charge >= 0.3 is 0 Å². The Bertz CT molecular complexity index is 566. The summed E-state index contributed by atoms with van der Waals surface area (Å²) in [6, 6.07) is 14.9. The molecule has 0 saturated heterocycles. The highest BCUT2D eigenvalue weighted by Gasteiger charge is 2.15. The van der Waals surface area contributed by atoms with Crippen molar-refractivity contribution in [3.63, 3.8) is 0 Å². The first-order chi connectivity index (χ1) is 9.17. The zero-order valence-electron chi connectivity index (χ0n) is 11.6. The van der Waals surface area contributed by atoms with Crippen LogP contribution in [0.4, 0.5) is 0 Å². The molecule has 1 unspecified atom stereocenters. The van der Waals surface area contributed by atoms with Gasteiger partial charge in [-0.25, -0.2) is 5.43 Å². The van der Waals surface area contributed by atoms with Gasteiger partial charge in [-0.05, 0) is 48.4 Å². The van der Waals surface area contributed by atoms with E-state index in [1.165, 1.54) is 27.1 Å². The Hall–Kier alpha value is -1.29. The predicted molar refractivity (Wildman–Crippen MR) is 83.3 cm³/mol. The van der Waals surface area contributed by atoms with Crippen LogP contribution in [0.25, 0.3) is 0 Å². The lowest BCUT2D eigenvalue weighted by Crippen LogP contribution is -2.29. The molecule has 2 rings (SSSR count). The van der Waals surface area contributed by atoms with Crippen LogP contribution in [-0.2, 0) is 0 Å². The maximum Gasteiger partial charge on any atom is 0.0721 e. The molecule has 1 atom stereocenters. The molecule has 0 saturated carbocycles. The summed E-state index contributed by atoms with van der Waals surface area (Å²) < 4.78 is 0. The minimum Gasteiger partial charge on any atom is -0.271 e. The summed E-state index contributed by atoms with van der Waals surface area (Å²) in [5.74, 6) is 5.79. The summed E-state index contributed by atoms with van der Waals surface area (Å²) in [6.07, 6.45) is 2.09. The molecule has 2 aromatic carbocycles. The highest BCUT2D eigenvalue weighted by atomic mass is 32.2. The Morgan fingerprint density at radius 3 is 2.42 bits per heavy atom. The first kappa shape index (κ1) is 14.1. The SMILES string of the molecule is CSc1ccccc1C(NN)c1ccc(C)c(C)c1.